The molecular weight excluding hydrogens is 192 g/mol. The third-order valence-electron chi connectivity index (χ3n) is 2.48. The number of hydrogen-bond acceptors (Lipinski definition) is 4. The molecule has 0 aromatic rings. The maximum atomic E-state index is 5.13. The molecule has 1 atom stereocenters. The van der Waals surface area contributed by atoms with Crippen molar-refractivity contribution in [1.82, 2.24) is 5.01 Å². The molecule has 0 bridgehead atoms. The Hall–Kier alpha value is -0.610. The average Bonchev–Trinajstić information content (AvgIpc) is 2.41. The van der Waals surface area contributed by atoms with E-state index in [2.05, 4.69) is 23.7 Å². The quantitative estimate of drug-likeness (QED) is 0.721. The predicted molar refractivity (Wildman–Crippen MR) is 63.3 cm³/mol. The van der Waals surface area contributed by atoms with Crippen LogP contribution in [-0.2, 0) is 9.47 Å². The van der Waals surface area contributed by atoms with Crippen LogP contribution in [-0.4, -0.2) is 50.7 Å². The molecule has 1 aliphatic heterocycles. The van der Waals surface area contributed by atoms with Crippen LogP contribution in [0.3, 0.4) is 0 Å². The molecule has 1 rings (SSSR count). The Morgan fingerprint density at radius 2 is 1.93 bits per heavy atom. The van der Waals surface area contributed by atoms with Crippen LogP contribution in [0.15, 0.2) is 5.10 Å². The van der Waals surface area contributed by atoms with Crippen LogP contribution in [0.2, 0.25) is 0 Å². The van der Waals surface area contributed by atoms with Gasteiger partial charge in [-0.15, -0.1) is 0 Å². The number of nitrogens with zero attached hydrogens (tertiary/aromatic N) is 2. The third-order valence-corrected chi connectivity index (χ3v) is 2.48. The number of rotatable bonds is 3. The highest BCUT2D eigenvalue weighted by atomic mass is 16.5. The van der Waals surface area contributed by atoms with E-state index in [-0.39, 0.29) is 5.54 Å². The van der Waals surface area contributed by atoms with Gasteiger partial charge in [0.25, 0.3) is 0 Å². The molecule has 0 amide bonds. The van der Waals surface area contributed by atoms with Gasteiger partial charge in [0.1, 0.15) is 0 Å². The second-order valence-electron chi connectivity index (χ2n) is 4.04. The summed E-state index contributed by atoms with van der Waals surface area (Å²) in [6, 6.07) is 0. The first-order valence-corrected chi connectivity index (χ1v) is 5.26. The molecule has 0 aromatic carbocycles. The zero-order valence-corrected chi connectivity index (χ0v) is 10.8. The Morgan fingerprint density at radius 1 is 1.40 bits per heavy atom. The Labute approximate surface area is 93.2 Å². The molecule has 0 aromatic heterocycles. The minimum absolute atomic E-state index is 0.0822. The van der Waals surface area contributed by atoms with Gasteiger partial charge < -0.3 is 9.47 Å². The van der Waals surface area contributed by atoms with E-state index in [1.807, 2.05) is 19.0 Å². The molecule has 4 heteroatoms. The summed E-state index contributed by atoms with van der Waals surface area (Å²) in [5.74, 6) is 0. The lowest BCUT2D eigenvalue weighted by atomic mass is 9.98. The standard InChI is InChI=1S/C8H16N2O.C3H8O/c1-7-5-8(2,6-11-4)10(3)9-7;1-3-4-2/h5-6H2,1-4H3;3H2,1-2H3. The Bertz CT molecular complexity index is 205. The fraction of sp³-hybridized carbons (Fsp3) is 0.909. The zero-order valence-electron chi connectivity index (χ0n) is 10.8. The Morgan fingerprint density at radius 3 is 2.20 bits per heavy atom. The minimum Gasteiger partial charge on any atom is -0.385 e. The highest BCUT2D eigenvalue weighted by Gasteiger charge is 2.34. The van der Waals surface area contributed by atoms with Crippen molar-refractivity contribution in [3.05, 3.63) is 0 Å². The molecule has 0 saturated heterocycles. The largest absolute Gasteiger partial charge is 0.385 e. The fourth-order valence-corrected chi connectivity index (χ4v) is 1.53. The van der Waals surface area contributed by atoms with Crippen molar-refractivity contribution in [3.63, 3.8) is 0 Å². The fourth-order valence-electron chi connectivity index (χ4n) is 1.53. The molecule has 0 fully saturated rings. The molecule has 0 radical (unpaired) electrons. The summed E-state index contributed by atoms with van der Waals surface area (Å²) >= 11 is 0. The van der Waals surface area contributed by atoms with E-state index in [9.17, 15) is 0 Å². The van der Waals surface area contributed by atoms with Crippen molar-refractivity contribution in [3.8, 4) is 0 Å². The molecule has 1 unspecified atom stereocenters. The Balaban J connectivity index is 0.000000423. The average molecular weight is 216 g/mol. The van der Waals surface area contributed by atoms with Gasteiger partial charge in [0, 0.05) is 40.0 Å². The van der Waals surface area contributed by atoms with Gasteiger partial charge >= 0.3 is 0 Å². The lowest BCUT2D eigenvalue weighted by molar-refractivity contribution is 0.0562. The molecule has 1 heterocycles. The van der Waals surface area contributed by atoms with E-state index in [1.165, 1.54) is 5.71 Å². The number of ether oxygens (including phenoxy) is 2. The number of methoxy groups -OCH3 is 2. The van der Waals surface area contributed by atoms with Crippen LogP contribution in [0.4, 0.5) is 0 Å². The highest BCUT2D eigenvalue weighted by Crippen LogP contribution is 2.25. The summed E-state index contributed by atoms with van der Waals surface area (Å²) in [6.07, 6.45) is 1.01. The molecule has 15 heavy (non-hydrogen) atoms. The van der Waals surface area contributed by atoms with Crippen LogP contribution >= 0.6 is 0 Å². The molecule has 90 valence electrons. The van der Waals surface area contributed by atoms with Crippen molar-refractivity contribution >= 4 is 5.71 Å². The highest BCUT2D eigenvalue weighted by molar-refractivity contribution is 5.84. The second-order valence-corrected chi connectivity index (χ2v) is 4.04. The first kappa shape index (κ1) is 14.4. The molecule has 0 aliphatic carbocycles. The number of likely N-dealkylation sites (N-methyl/N-ethyl adjacent to an activating group) is 1. The summed E-state index contributed by atoms with van der Waals surface area (Å²) in [5, 5.41) is 6.32. The normalized spacial score (nSPS) is 24.7. The van der Waals surface area contributed by atoms with Crippen LogP contribution < -0.4 is 0 Å². The molecule has 0 N–H and O–H groups in total. The monoisotopic (exact) mass is 216 g/mol. The first-order valence-electron chi connectivity index (χ1n) is 5.26. The summed E-state index contributed by atoms with van der Waals surface area (Å²) < 4.78 is 9.67. The van der Waals surface area contributed by atoms with E-state index in [4.69, 9.17) is 4.74 Å². The molecular formula is C11H24N2O2. The van der Waals surface area contributed by atoms with Crippen LogP contribution in [0, 0.1) is 0 Å². The summed E-state index contributed by atoms with van der Waals surface area (Å²) in [7, 11) is 5.41. The molecule has 1 aliphatic rings. The van der Waals surface area contributed by atoms with Gasteiger partial charge in [-0.2, -0.15) is 5.10 Å². The van der Waals surface area contributed by atoms with Gasteiger partial charge in [-0.05, 0) is 20.8 Å². The van der Waals surface area contributed by atoms with Crippen LogP contribution in [0.5, 0.6) is 0 Å². The SMILES string of the molecule is CCOC.COCC1(C)CC(C)=NN1C. The Kier molecular flexibility index (Phi) is 6.52. The van der Waals surface area contributed by atoms with Crippen molar-refractivity contribution in [2.75, 3.05) is 34.5 Å². The van der Waals surface area contributed by atoms with Crippen molar-refractivity contribution in [1.29, 1.82) is 0 Å². The zero-order chi connectivity index (χ0) is 11.9. The van der Waals surface area contributed by atoms with Crippen molar-refractivity contribution < 1.29 is 9.47 Å². The van der Waals surface area contributed by atoms with Gasteiger partial charge in [-0.25, -0.2) is 0 Å². The van der Waals surface area contributed by atoms with Crippen molar-refractivity contribution in [2.45, 2.75) is 32.7 Å². The van der Waals surface area contributed by atoms with E-state index >= 15 is 0 Å². The van der Waals surface area contributed by atoms with E-state index in [0.717, 1.165) is 19.6 Å². The van der Waals surface area contributed by atoms with Gasteiger partial charge in [0.05, 0.1) is 12.1 Å². The summed E-state index contributed by atoms with van der Waals surface area (Å²) in [4.78, 5) is 0. The first-order chi connectivity index (χ1) is 7.00. The van der Waals surface area contributed by atoms with Gasteiger partial charge in [-0.3, -0.25) is 5.01 Å². The van der Waals surface area contributed by atoms with E-state index in [1.54, 1.807) is 14.2 Å². The predicted octanol–water partition coefficient (Wildman–Crippen LogP) is 1.76. The van der Waals surface area contributed by atoms with Gasteiger partial charge in [0.15, 0.2) is 0 Å². The molecule has 0 spiro atoms. The molecule has 0 saturated carbocycles. The summed E-state index contributed by atoms with van der Waals surface area (Å²) in [5.41, 5.74) is 1.27. The third kappa shape index (κ3) is 4.62. The van der Waals surface area contributed by atoms with E-state index < -0.39 is 0 Å². The summed E-state index contributed by atoms with van der Waals surface area (Å²) in [6.45, 7) is 7.73. The van der Waals surface area contributed by atoms with Crippen LogP contribution in [0.1, 0.15) is 27.2 Å². The molecule has 4 nitrogen and oxygen atoms in total. The smallest absolute Gasteiger partial charge is 0.0832 e. The van der Waals surface area contributed by atoms with Crippen LogP contribution in [0.25, 0.3) is 0 Å². The maximum absolute atomic E-state index is 5.13. The number of hydrogen-bond donors (Lipinski definition) is 0. The van der Waals surface area contributed by atoms with E-state index in [0.29, 0.717) is 0 Å². The maximum Gasteiger partial charge on any atom is 0.0832 e. The van der Waals surface area contributed by atoms with Gasteiger partial charge in [-0.1, -0.05) is 0 Å². The lowest BCUT2D eigenvalue weighted by Gasteiger charge is -2.30. The van der Waals surface area contributed by atoms with Crippen molar-refractivity contribution in [2.24, 2.45) is 5.10 Å². The second kappa shape index (κ2) is 6.80. The minimum atomic E-state index is 0.0822. The topological polar surface area (TPSA) is 34.1 Å². The number of hydrazone groups is 1. The van der Waals surface area contributed by atoms with Gasteiger partial charge in [0.2, 0.25) is 0 Å². The lowest BCUT2D eigenvalue weighted by Crippen LogP contribution is -2.41.